The number of hydrogen-bond donors (Lipinski definition) is 2. The third-order valence-electron chi connectivity index (χ3n) is 6.27. The third-order valence-corrected chi connectivity index (χ3v) is 6.27. The summed E-state index contributed by atoms with van der Waals surface area (Å²) in [6, 6.07) is 15.9. The molecule has 196 valence electrons. The summed E-state index contributed by atoms with van der Waals surface area (Å²) in [6.45, 7) is 3.95. The number of carboxylic acid groups (broad SMARTS) is 1. The first-order valence-electron chi connectivity index (χ1n) is 12.4. The number of fused-ring (bicyclic) bond motifs is 2. The number of carbonyl (C=O) groups is 1. The van der Waals surface area contributed by atoms with Crippen LogP contribution in [0.2, 0.25) is 0 Å². The predicted molar refractivity (Wildman–Crippen MR) is 149 cm³/mol. The van der Waals surface area contributed by atoms with E-state index in [4.69, 9.17) is 13.9 Å². The molecule has 0 aliphatic carbocycles. The molecule has 1 heterocycles. The van der Waals surface area contributed by atoms with E-state index in [-0.39, 0.29) is 24.0 Å². The highest BCUT2D eigenvalue weighted by atomic mass is 16.5. The Hall–Kier alpha value is -4.52. The quantitative estimate of drug-likeness (QED) is 0.122. The van der Waals surface area contributed by atoms with Crippen LogP contribution < -0.4 is 14.9 Å². The number of ether oxygens (including phenoxy) is 2. The van der Waals surface area contributed by atoms with E-state index in [0.717, 1.165) is 30.6 Å². The Morgan fingerprint density at radius 3 is 2.53 bits per heavy atom. The Bertz CT molecular complexity index is 1550. The molecule has 4 aromatic rings. The third kappa shape index (κ3) is 6.24. The molecular formula is C31H30O7. The van der Waals surface area contributed by atoms with E-state index in [1.54, 1.807) is 31.4 Å². The van der Waals surface area contributed by atoms with Gasteiger partial charge in [-0.1, -0.05) is 30.9 Å². The Labute approximate surface area is 220 Å². The van der Waals surface area contributed by atoms with Crippen molar-refractivity contribution in [3.63, 3.8) is 0 Å². The van der Waals surface area contributed by atoms with Gasteiger partial charge in [-0.25, -0.2) is 0 Å². The van der Waals surface area contributed by atoms with Crippen LogP contribution in [0.3, 0.4) is 0 Å². The minimum absolute atomic E-state index is 0.128. The molecule has 0 aliphatic heterocycles. The van der Waals surface area contributed by atoms with Gasteiger partial charge in [0.15, 0.2) is 0 Å². The molecule has 0 aliphatic rings. The van der Waals surface area contributed by atoms with Crippen LogP contribution in [0.25, 0.3) is 33.8 Å². The maximum atomic E-state index is 13.2. The summed E-state index contributed by atoms with van der Waals surface area (Å²) < 4.78 is 17.3. The lowest BCUT2D eigenvalue weighted by atomic mass is 10.0. The normalized spacial score (nSPS) is 11.3. The van der Waals surface area contributed by atoms with Gasteiger partial charge in [-0.05, 0) is 73.7 Å². The molecule has 0 spiro atoms. The Morgan fingerprint density at radius 1 is 1.03 bits per heavy atom. The summed E-state index contributed by atoms with van der Waals surface area (Å²) in [5, 5.41) is 19.6. The van der Waals surface area contributed by atoms with Crippen molar-refractivity contribution in [3.8, 4) is 11.5 Å². The summed E-state index contributed by atoms with van der Waals surface area (Å²) >= 11 is 0. The van der Waals surface area contributed by atoms with Crippen molar-refractivity contribution < 1.29 is 28.9 Å². The highest BCUT2D eigenvalue weighted by Crippen LogP contribution is 2.31. The van der Waals surface area contributed by atoms with Crippen LogP contribution in [0.15, 0.2) is 76.5 Å². The number of allylic oxidation sites excluding steroid dienone is 1. The number of aryl methyl sites for hydroxylation is 1. The molecule has 3 aromatic carbocycles. The molecule has 0 saturated carbocycles. The van der Waals surface area contributed by atoms with Gasteiger partial charge in [0.1, 0.15) is 28.4 Å². The first-order chi connectivity index (χ1) is 18.4. The van der Waals surface area contributed by atoms with E-state index in [1.807, 2.05) is 24.3 Å². The number of unbranched alkanes of at least 4 members (excludes halogenated alkanes) is 2. The van der Waals surface area contributed by atoms with Crippen LogP contribution in [0.1, 0.15) is 42.4 Å². The number of aliphatic carboxylic acids is 1. The summed E-state index contributed by atoms with van der Waals surface area (Å²) in [4.78, 5) is 24.5. The number of hydrogen-bond acceptors (Lipinski definition) is 6. The van der Waals surface area contributed by atoms with Gasteiger partial charge in [-0.2, -0.15) is 0 Å². The zero-order valence-electron chi connectivity index (χ0n) is 21.2. The highest BCUT2D eigenvalue weighted by molar-refractivity contribution is 5.93. The van der Waals surface area contributed by atoms with Crippen molar-refractivity contribution in [1.29, 1.82) is 0 Å². The molecule has 1 aromatic heterocycles. The monoisotopic (exact) mass is 514 g/mol. The highest BCUT2D eigenvalue weighted by Gasteiger charge is 2.17. The van der Waals surface area contributed by atoms with Gasteiger partial charge < -0.3 is 24.1 Å². The molecule has 0 fully saturated rings. The van der Waals surface area contributed by atoms with Gasteiger partial charge >= 0.3 is 5.97 Å². The largest absolute Gasteiger partial charge is 0.508 e. The van der Waals surface area contributed by atoms with Gasteiger partial charge in [0.25, 0.3) is 0 Å². The van der Waals surface area contributed by atoms with Gasteiger partial charge in [0, 0.05) is 17.5 Å². The van der Waals surface area contributed by atoms with Crippen LogP contribution in [0, 0.1) is 0 Å². The van der Waals surface area contributed by atoms with E-state index < -0.39 is 5.97 Å². The maximum absolute atomic E-state index is 13.2. The van der Waals surface area contributed by atoms with Gasteiger partial charge in [-0.15, -0.1) is 0 Å². The van der Waals surface area contributed by atoms with Crippen molar-refractivity contribution in [3.05, 3.63) is 94.2 Å². The van der Waals surface area contributed by atoms with Crippen molar-refractivity contribution in [2.45, 2.75) is 32.1 Å². The van der Waals surface area contributed by atoms with Gasteiger partial charge in [0.05, 0.1) is 24.5 Å². The summed E-state index contributed by atoms with van der Waals surface area (Å²) in [7, 11) is 1.64. The molecular weight excluding hydrogens is 484 g/mol. The molecule has 0 bridgehead atoms. The molecule has 0 saturated heterocycles. The standard InChI is InChI=1S/C31H30O7/c1-20(32)22-10-15-28-26(19-22)30(35)25-13-16-27(24(31(25)38-28)14-17-29(33)34)37-18-6-4-3-5-7-21-8-11-23(36-2)12-9-21/h5,7-13,15-16,19,32H,1,3-4,6,14,17-18H2,2H3,(H,33,34)/b7-5+. The average Bonchev–Trinajstić information content (AvgIpc) is 2.91. The van der Waals surface area contributed by atoms with Crippen LogP contribution >= 0.6 is 0 Å². The lowest BCUT2D eigenvalue weighted by molar-refractivity contribution is -0.136. The molecule has 38 heavy (non-hydrogen) atoms. The summed E-state index contributed by atoms with van der Waals surface area (Å²) in [6.07, 6.45) is 6.83. The van der Waals surface area contributed by atoms with Crippen LogP contribution in [-0.4, -0.2) is 29.9 Å². The molecule has 0 radical (unpaired) electrons. The fourth-order valence-electron chi connectivity index (χ4n) is 4.22. The van der Waals surface area contributed by atoms with Crippen molar-refractivity contribution in [1.82, 2.24) is 0 Å². The summed E-state index contributed by atoms with van der Waals surface area (Å²) in [5.74, 6) is 0.236. The Morgan fingerprint density at radius 2 is 1.82 bits per heavy atom. The SMILES string of the molecule is C=C(O)c1ccc2oc3c(CCC(=O)O)c(OCCCC/C=C/c4ccc(OC)cc4)ccc3c(=O)c2c1. The first kappa shape index (κ1) is 26.5. The second-order valence-corrected chi connectivity index (χ2v) is 8.92. The predicted octanol–water partition coefficient (Wildman–Crippen LogP) is 6.76. The van der Waals surface area contributed by atoms with E-state index in [2.05, 4.69) is 18.7 Å². The maximum Gasteiger partial charge on any atom is 0.303 e. The second-order valence-electron chi connectivity index (χ2n) is 8.92. The minimum Gasteiger partial charge on any atom is -0.508 e. The second kappa shape index (κ2) is 12.1. The number of rotatable bonds is 12. The molecule has 2 N–H and O–H groups in total. The van der Waals surface area contributed by atoms with E-state index in [0.29, 0.717) is 45.4 Å². The average molecular weight is 515 g/mol. The Kier molecular flexibility index (Phi) is 8.48. The van der Waals surface area contributed by atoms with Crippen LogP contribution in [-0.2, 0) is 11.2 Å². The number of aliphatic hydroxyl groups excluding tert-OH is 1. The van der Waals surface area contributed by atoms with Crippen molar-refractivity contribution >= 4 is 39.7 Å². The molecule has 4 rings (SSSR count). The van der Waals surface area contributed by atoms with E-state index >= 15 is 0 Å². The fourth-order valence-corrected chi connectivity index (χ4v) is 4.22. The Balaban J connectivity index is 1.48. The molecule has 0 unspecified atom stereocenters. The topological polar surface area (TPSA) is 106 Å². The molecule has 7 nitrogen and oxygen atoms in total. The fraction of sp³-hybridized carbons (Fsp3) is 0.226. The molecule has 0 amide bonds. The van der Waals surface area contributed by atoms with Crippen molar-refractivity contribution in [2.75, 3.05) is 13.7 Å². The van der Waals surface area contributed by atoms with E-state index in [1.165, 1.54) is 6.07 Å². The lowest BCUT2D eigenvalue weighted by Crippen LogP contribution is -2.08. The zero-order chi connectivity index (χ0) is 27.1. The first-order valence-corrected chi connectivity index (χ1v) is 12.4. The van der Waals surface area contributed by atoms with Crippen LogP contribution in [0.4, 0.5) is 0 Å². The number of aliphatic hydroxyl groups is 1. The molecule has 0 atom stereocenters. The number of benzene rings is 3. The van der Waals surface area contributed by atoms with Crippen LogP contribution in [0.5, 0.6) is 11.5 Å². The zero-order valence-corrected chi connectivity index (χ0v) is 21.2. The molecule has 7 heteroatoms. The number of methoxy groups -OCH3 is 1. The number of carboxylic acids is 1. The summed E-state index contributed by atoms with van der Waals surface area (Å²) in [5.41, 5.74) is 2.47. The van der Waals surface area contributed by atoms with E-state index in [9.17, 15) is 19.8 Å². The van der Waals surface area contributed by atoms with Gasteiger partial charge in [0.2, 0.25) is 5.43 Å². The minimum atomic E-state index is -0.953. The van der Waals surface area contributed by atoms with Crippen molar-refractivity contribution in [2.24, 2.45) is 0 Å². The lowest BCUT2D eigenvalue weighted by Gasteiger charge is -2.14. The van der Waals surface area contributed by atoms with Gasteiger partial charge in [-0.3, -0.25) is 9.59 Å². The smallest absolute Gasteiger partial charge is 0.303 e.